The van der Waals surface area contributed by atoms with Crippen LogP contribution in [0.1, 0.15) is 0 Å². The molecule has 3 nitrogen and oxygen atoms in total. The quantitative estimate of drug-likeness (QED) is 0.462. The summed E-state index contributed by atoms with van der Waals surface area (Å²) in [4.78, 5) is 4.98. The zero-order chi connectivity index (χ0) is 5.40. The molecule has 0 saturated carbocycles. The third-order valence-corrected chi connectivity index (χ3v) is 1.65. The number of hydrogen-bond acceptors (Lipinski definition) is 3. The Kier molecular flexibility index (Phi) is 0.784. The fourth-order valence-electron chi connectivity index (χ4n) is 1.13. The van der Waals surface area contributed by atoms with Crippen LogP contribution >= 0.6 is 0 Å². The lowest BCUT2D eigenvalue weighted by molar-refractivity contribution is 0.0842. The lowest BCUT2D eigenvalue weighted by Gasteiger charge is -2.00. The van der Waals surface area contributed by atoms with Gasteiger partial charge in [-0.3, -0.25) is 0 Å². The summed E-state index contributed by atoms with van der Waals surface area (Å²) in [5.74, 6) is 0.551. The second-order valence-electron chi connectivity index (χ2n) is 2.22. The van der Waals surface area contributed by atoms with Crippen molar-refractivity contribution in [3.8, 4) is 0 Å². The predicted molar refractivity (Wildman–Crippen MR) is 29.7 cm³/mol. The second-order valence-corrected chi connectivity index (χ2v) is 2.22. The number of nitrogens with zero attached hydrogens (tertiary/aromatic N) is 1. The molecule has 2 heterocycles. The van der Waals surface area contributed by atoms with Gasteiger partial charge in [-0.25, -0.2) is 0 Å². The molecule has 2 aliphatic rings. The Morgan fingerprint density at radius 2 is 2.62 bits per heavy atom. The smallest absolute Gasteiger partial charge is 0.148 e. The molecule has 0 aromatic rings. The number of rotatable bonds is 0. The molecule has 1 saturated heterocycles. The molecular weight excluding hydrogens is 104 g/mol. The van der Waals surface area contributed by atoms with Gasteiger partial charge in [0.15, 0.2) is 0 Å². The predicted octanol–water partition coefficient (Wildman–Crippen LogP) is -0.410. The van der Waals surface area contributed by atoms with E-state index in [9.17, 15) is 0 Å². The Balaban J connectivity index is 2.13. The van der Waals surface area contributed by atoms with Crippen molar-refractivity contribution >= 4 is 6.21 Å². The Morgan fingerprint density at radius 3 is 3.50 bits per heavy atom. The van der Waals surface area contributed by atoms with Gasteiger partial charge in [-0.2, -0.15) is 0 Å². The maximum atomic E-state index is 4.98. The lowest BCUT2D eigenvalue weighted by Crippen LogP contribution is -2.15. The molecule has 8 heavy (non-hydrogen) atoms. The van der Waals surface area contributed by atoms with Crippen LogP contribution in [-0.4, -0.2) is 25.4 Å². The van der Waals surface area contributed by atoms with Crippen LogP contribution in [0.2, 0.25) is 0 Å². The van der Waals surface area contributed by atoms with Crippen LogP contribution in [0.5, 0.6) is 0 Å². The second kappa shape index (κ2) is 1.45. The van der Waals surface area contributed by atoms with Gasteiger partial charge in [0.05, 0.1) is 12.1 Å². The molecule has 0 unspecified atom stereocenters. The number of nitrogens with one attached hydrogen (secondary N) is 1. The molecule has 0 amide bonds. The monoisotopic (exact) mass is 112 g/mol. The minimum absolute atomic E-state index is 0.343. The van der Waals surface area contributed by atoms with E-state index in [-0.39, 0.29) is 0 Å². The molecule has 0 aromatic heterocycles. The topological polar surface area (TPSA) is 33.6 Å². The number of oxime groups is 1. The third-order valence-electron chi connectivity index (χ3n) is 1.65. The summed E-state index contributed by atoms with van der Waals surface area (Å²) < 4.78 is 0. The van der Waals surface area contributed by atoms with Crippen molar-refractivity contribution in [3.63, 3.8) is 0 Å². The highest BCUT2D eigenvalue weighted by Gasteiger charge is 2.30. The van der Waals surface area contributed by atoms with E-state index in [1.807, 2.05) is 6.21 Å². The first-order chi connectivity index (χ1) is 3.97. The highest BCUT2D eigenvalue weighted by Crippen LogP contribution is 2.15. The summed E-state index contributed by atoms with van der Waals surface area (Å²) in [6.07, 6.45) is 2.22. The van der Waals surface area contributed by atoms with Crippen molar-refractivity contribution < 1.29 is 4.84 Å². The van der Waals surface area contributed by atoms with Gasteiger partial charge in [0, 0.05) is 13.1 Å². The molecule has 0 radical (unpaired) electrons. The Labute approximate surface area is 47.7 Å². The molecule has 2 rings (SSSR count). The average Bonchev–Trinajstić information content (AvgIpc) is 2.15. The number of hydrogen-bond donors (Lipinski definition) is 1. The summed E-state index contributed by atoms with van der Waals surface area (Å²) in [7, 11) is 0. The van der Waals surface area contributed by atoms with E-state index in [0.717, 1.165) is 13.1 Å². The SMILES string of the molecule is C1=NO[C@H]2CNC[C@@H]12. The van der Waals surface area contributed by atoms with Crippen molar-refractivity contribution in [3.05, 3.63) is 0 Å². The standard InChI is InChI=1S/C5H8N2O/c1-4-2-7-8-5(4)3-6-1/h2,4-6H,1,3H2/t4-,5-/m0/s1. The minimum atomic E-state index is 0.343. The van der Waals surface area contributed by atoms with Gasteiger partial charge in [0.2, 0.25) is 0 Å². The summed E-state index contributed by atoms with van der Waals surface area (Å²) in [6.45, 7) is 2.00. The maximum absolute atomic E-state index is 4.98. The van der Waals surface area contributed by atoms with E-state index in [4.69, 9.17) is 4.84 Å². The van der Waals surface area contributed by atoms with Gasteiger partial charge in [0.1, 0.15) is 6.10 Å². The maximum Gasteiger partial charge on any atom is 0.148 e. The molecule has 2 aliphatic heterocycles. The molecule has 2 atom stereocenters. The summed E-state index contributed by atoms with van der Waals surface area (Å²) in [5.41, 5.74) is 0. The highest BCUT2D eigenvalue weighted by molar-refractivity contribution is 5.63. The van der Waals surface area contributed by atoms with E-state index in [2.05, 4.69) is 10.5 Å². The fourth-order valence-corrected chi connectivity index (χ4v) is 1.13. The van der Waals surface area contributed by atoms with Crippen molar-refractivity contribution in [2.24, 2.45) is 11.1 Å². The largest absolute Gasteiger partial charge is 0.391 e. The van der Waals surface area contributed by atoms with Crippen LogP contribution in [0.4, 0.5) is 0 Å². The zero-order valence-corrected chi connectivity index (χ0v) is 4.50. The molecule has 1 N–H and O–H groups in total. The molecule has 1 fully saturated rings. The van der Waals surface area contributed by atoms with Crippen molar-refractivity contribution in [1.82, 2.24) is 5.32 Å². The van der Waals surface area contributed by atoms with Gasteiger partial charge < -0.3 is 10.2 Å². The first-order valence-electron chi connectivity index (χ1n) is 2.87. The summed E-state index contributed by atoms with van der Waals surface area (Å²) in [5, 5.41) is 6.91. The summed E-state index contributed by atoms with van der Waals surface area (Å²) >= 11 is 0. The van der Waals surface area contributed by atoms with Gasteiger partial charge in [-0.05, 0) is 0 Å². The van der Waals surface area contributed by atoms with Crippen molar-refractivity contribution in [2.45, 2.75) is 6.10 Å². The van der Waals surface area contributed by atoms with Crippen molar-refractivity contribution in [1.29, 1.82) is 0 Å². The van der Waals surface area contributed by atoms with Crippen LogP contribution < -0.4 is 5.32 Å². The van der Waals surface area contributed by atoms with Crippen molar-refractivity contribution in [2.75, 3.05) is 13.1 Å². The van der Waals surface area contributed by atoms with E-state index in [1.165, 1.54) is 0 Å². The fraction of sp³-hybridized carbons (Fsp3) is 0.800. The lowest BCUT2D eigenvalue weighted by atomic mass is 10.1. The molecule has 0 spiro atoms. The average molecular weight is 112 g/mol. The molecular formula is C5H8N2O. The third kappa shape index (κ3) is 0.448. The minimum Gasteiger partial charge on any atom is -0.391 e. The normalized spacial score (nSPS) is 42.0. The molecule has 3 heteroatoms. The Bertz CT molecular complexity index is 124. The van der Waals surface area contributed by atoms with E-state index in [0.29, 0.717) is 12.0 Å². The number of fused-ring (bicyclic) bond motifs is 1. The summed E-state index contributed by atoms with van der Waals surface area (Å²) in [6, 6.07) is 0. The Hall–Kier alpha value is -0.570. The van der Waals surface area contributed by atoms with Gasteiger partial charge in [-0.1, -0.05) is 5.16 Å². The first-order valence-corrected chi connectivity index (χ1v) is 2.87. The van der Waals surface area contributed by atoms with Gasteiger partial charge in [-0.15, -0.1) is 0 Å². The van der Waals surface area contributed by atoms with Crippen LogP contribution in [-0.2, 0) is 4.84 Å². The van der Waals surface area contributed by atoms with Crippen LogP contribution in [0.3, 0.4) is 0 Å². The van der Waals surface area contributed by atoms with E-state index in [1.54, 1.807) is 0 Å². The molecule has 0 aromatic carbocycles. The molecule has 0 bridgehead atoms. The highest BCUT2D eigenvalue weighted by atomic mass is 16.6. The van der Waals surface area contributed by atoms with Crippen LogP contribution in [0.25, 0.3) is 0 Å². The first kappa shape index (κ1) is 4.32. The van der Waals surface area contributed by atoms with E-state index >= 15 is 0 Å². The van der Waals surface area contributed by atoms with Gasteiger partial charge in [0.25, 0.3) is 0 Å². The molecule has 44 valence electrons. The van der Waals surface area contributed by atoms with Crippen LogP contribution in [0.15, 0.2) is 5.16 Å². The van der Waals surface area contributed by atoms with Gasteiger partial charge >= 0.3 is 0 Å². The molecule has 0 aliphatic carbocycles. The van der Waals surface area contributed by atoms with Crippen LogP contribution in [0, 0.1) is 5.92 Å². The van der Waals surface area contributed by atoms with E-state index < -0.39 is 0 Å². The zero-order valence-electron chi connectivity index (χ0n) is 4.50. The Morgan fingerprint density at radius 1 is 1.62 bits per heavy atom.